The first-order valence-electron chi connectivity index (χ1n) is 24.5. The summed E-state index contributed by atoms with van der Waals surface area (Å²) in [5, 5.41) is 2.51. The third-order valence-electron chi connectivity index (χ3n) is 14.9. The Morgan fingerprint density at radius 3 is 1.31 bits per heavy atom. The summed E-state index contributed by atoms with van der Waals surface area (Å²) >= 11 is 0. The Kier molecular flexibility index (Phi) is 9.47. The van der Waals surface area contributed by atoms with Gasteiger partial charge < -0.3 is 0 Å². The monoisotopic (exact) mass is 900 g/mol. The summed E-state index contributed by atoms with van der Waals surface area (Å²) in [5.41, 5.74) is 24.0. The molecule has 14 rings (SSSR count). The molecule has 0 bridgehead atoms. The predicted octanol–water partition coefficient (Wildman–Crippen LogP) is 17.6. The standard InChI is InChI=1S/C69H44N2/c1-4-18-45(19-5-1)53-39-54(46-20-6-2-7-21-46)41-55(40-53)68-70-66(48-23-8-3-9-24-48)44-67(71-68)52-27-16-26-49(38-52)50-34-36-60-61-37-35-51(57-31-17-25-47-22-10-11-28-56(47)57)43-65(61)69(64(60)42-50)62-32-14-12-29-58(62)59-30-13-15-33-63(59)69/h1-44H. The molecule has 2 aliphatic carbocycles. The molecular formula is C69H44N2. The van der Waals surface area contributed by atoms with Crippen molar-refractivity contribution in [1.29, 1.82) is 0 Å². The van der Waals surface area contributed by atoms with Gasteiger partial charge in [0.25, 0.3) is 0 Å². The normalized spacial score (nSPS) is 12.6. The van der Waals surface area contributed by atoms with Crippen LogP contribution in [0.1, 0.15) is 22.3 Å². The van der Waals surface area contributed by atoms with Crippen LogP contribution in [-0.4, -0.2) is 9.97 Å². The maximum Gasteiger partial charge on any atom is 0.160 e. The molecule has 2 nitrogen and oxygen atoms in total. The van der Waals surface area contributed by atoms with Gasteiger partial charge in [0, 0.05) is 16.7 Å². The van der Waals surface area contributed by atoms with Crippen LogP contribution in [0.15, 0.2) is 267 Å². The van der Waals surface area contributed by atoms with E-state index in [4.69, 9.17) is 9.97 Å². The molecule has 71 heavy (non-hydrogen) atoms. The topological polar surface area (TPSA) is 25.8 Å². The number of hydrogen-bond donors (Lipinski definition) is 0. The van der Waals surface area contributed by atoms with E-state index in [9.17, 15) is 0 Å². The van der Waals surface area contributed by atoms with Crippen LogP contribution >= 0.6 is 0 Å². The van der Waals surface area contributed by atoms with Crippen molar-refractivity contribution in [1.82, 2.24) is 9.97 Å². The molecule has 2 heteroatoms. The average Bonchev–Trinajstić information content (AvgIpc) is 3.92. The lowest BCUT2D eigenvalue weighted by atomic mass is 9.70. The van der Waals surface area contributed by atoms with E-state index in [0.717, 1.165) is 61.5 Å². The zero-order valence-corrected chi connectivity index (χ0v) is 38.8. The molecule has 0 atom stereocenters. The highest BCUT2D eigenvalue weighted by atomic mass is 14.9. The quantitative estimate of drug-likeness (QED) is 0.159. The number of benzene rings is 11. The summed E-state index contributed by atoms with van der Waals surface area (Å²) in [6, 6.07) is 97.3. The fourth-order valence-corrected chi connectivity index (χ4v) is 11.7. The van der Waals surface area contributed by atoms with Crippen molar-refractivity contribution in [3.63, 3.8) is 0 Å². The molecule has 1 spiro atoms. The lowest BCUT2D eigenvalue weighted by molar-refractivity contribution is 0.794. The van der Waals surface area contributed by atoms with Crippen molar-refractivity contribution in [2.45, 2.75) is 5.41 Å². The maximum absolute atomic E-state index is 5.44. The Morgan fingerprint density at radius 1 is 0.225 bits per heavy atom. The minimum Gasteiger partial charge on any atom is -0.228 e. The first kappa shape index (κ1) is 40.8. The first-order chi connectivity index (χ1) is 35.2. The van der Waals surface area contributed by atoms with E-state index < -0.39 is 5.41 Å². The van der Waals surface area contributed by atoms with E-state index in [1.54, 1.807) is 0 Å². The summed E-state index contributed by atoms with van der Waals surface area (Å²) < 4.78 is 0. The molecule has 2 aliphatic rings. The van der Waals surface area contributed by atoms with Crippen molar-refractivity contribution < 1.29 is 0 Å². The van der Waals surface area contributed by atoms with Crippen LogP contribution in [-0.2, 0) is 5.41 Å². The summed E-state index contributed by atoms with van der Waals surface area (Å²) in [6.45, 7) is 0. The first-order valence-corrected chi connectivity index (χ1v) is 24.5. The zero-order valence-electron chi connectivity index (χ0n) is 38.8. The highest BCUT2D eigenvalue weighted by Gasteiger charge is 2.51. The van der Waals surface area contributed by atoms with Gasteiger partial charge in [-0.2, -0.15) is 0 Å². The van der Waals surface area contributed by atoms with Gasteiger partial charge in [-0.1, -0.05) is 224 Å². The predicted molar refractivity (Wildman–Crippen MR) is 294 cm³/mol. The molecule has 1 heterocycles. The number of fused-ring (bicyclic) bond motifs is 11. The molecule has 11 aromatic carbocycles. The second-order valence-electron chi connectivity index (χ2n) is 18.8. The van der Waals surface area contributed by atoms with Crippen molar-refractivity contribution in [2.75, 3.05) is 0 Å². The van der Waals surface area contributed by atoms with E-state index in [2.05, 4.69) is 267 Å². The molecule has 0 aliphatic heterocycles. The lowest BCUT2D eigenvalue weighted by Crippen LogP contribution is -2.26. The molecule has 0 N–H and O–H groups in total. The van der Waals surface area contributed by atoms with Crippen LogP contribution in [0.25, 0.3) is 111 Å². The van der Waals surface area contributed by atoms with Gasteiger partial charge in [-0.3, -0.25) is 0 Å². The van der Waals surface area contributed by atoms with E-state index in [1.807, 2.05) is 0 Å². The third kappa shape index (κ3) is 6.64. The molecule has 0 radical (unpaired) electrons. The van der Waals surface area contributed by atoms with Gasteiger partial charge in [0.05, 0.1) is 16.8 Å². The molecule has 0 saturated carbocycles. The smallest absolute Gasteiger partial charge is 0.160 e. The van der Waals surface area contributed by atoms with Crippen LogP contribution < -0.4 is 0 Å². The number of nitrogens with zero attached hydrogens (tertiary/aromatic N) is 2. The fraction of sp³-hybridized carbons (Fsp3) is 0.0145. The second-order valence-corrected chi connectivity index (χ2v) is 18.8. The van der Waals surface area contributed by atoms with Gasteiger partial charge in [0.15, 0.2) is 5.82 Å². The van der Waals surface area contributed by atoms with Crippen molar-refractivity contribution in [3.8, 4) is 101 Å². The molecule has 0 unspecified atom stereocenters. The second kappa shape index (κ2) is 16.5. The molecule has 330 valence electrons. The Hall–Kier alpha value is -9.24. The van der Waals surface area contributed by atoms with Crippen molar-refractivity contribution >= 4 is 10.8 Å². The van der Waals surface area contributed by atoms with E-state index in [-0.39, 0.29) is 0 Å². The lowest BCUT2D eigenvalue weighted by Gasteiger charge is -2.31. The van der Waals surface area contributed by atoms with Gasteiger partial charge in [0.1, 0.15) is 0 Å². The van der Waals surface area contributed by atoms with E-state index in [0.29, 0.717) is 5.82 Å². The van der Waals surface area contributed by atoms with Crippen molar-refractivity contribution in [3.05, 3.63) is 289 Å². The number of hydrogen-bond acceptors (Lipinski definition) is 2. The largest absolute Gasteiger partial charge is 0.228 e. The highest BCUT2D eigenvalue weighted by Crippen LogP contribution is 2.63. The SMILES string of the molecule is c1ccc(-c2cc(-c3ccccc3)cc(-c3nc(-c4ccccc4)cc(-c4cccc(-c5ccc6c(c5)C5(c7ccccc7-c7ccccc75)c5cc(-c7cccc8ccccc78)ccc5-6)c4)n3)c2)cc1. The van der Waals surface area contributed by atoms with Crippen LogP contribution in [0, 0.1) is 0 Å². The molecule has 1 aromatic heterocycles. The average molecular weight is 901 g/mol. The Bertz CT molecular complexity index is 3930. The van der Waals surface area contributed by atoms with Gasteiger partial charge in [-0.05, 0) is 142 Å². The van der Waals surface area contributed by atoms with E-state index >= 15 is 0 Å². The van der Waals surface area contributed by atoms with Crippen LogP contribution in [0.2, 0.25) is 0 Å². The Balaban J connectivity index is 0.936. The van der Waals surface area contributed by atoms with Crippen LogP contribution in [0.4, 0.5) is 0 Å². The molecular weight excluding hydrogens is 857 g/mol. The number of aromatic nitrogens is 2. The summed E-state index contributed by atoms with van der Waals surface area (Å²) in [7, 11) is 0. The summed E-state index contributed by atoms with van der Waals surface area (Å²) in [5.74, 6) is 0.681. The van der Waals surface area contributed by atoms with Gasteiger partial charge in [-0.25, -0.2) is 9.97 Å². The summed E-state index contributed by atoms with van der Waals surface area (Å²) in [4.78, 5) is 10.8. The van der Waals surface area contributed by atoms with Crippen LogP contribution in [0.3, 0.4) is 0 Å². The molecule has 0 saturated heterocycles. The van der Waals surface area contributed by atoms with Crippen molar-refractivity contribution in [2.24, 2.45) is 0 Å². The van der Waals surface area contributed by atoms with E-state index in [1.165, 1.54) is 66.4 Å². The minimum absolute atomic E-state index is 0.509. The number of rotatable bonds is 7. The van der Waals surface area contributed by atoms with Gasteiger partial charge in [0.2, 0.25) is 0 Å². The molecule has 12 aromatic rings. The zero-order chi connectivity index (χ0) is 46.9. The maximum atomic E-state index is 5.44. The van der Waals surface area contributed by atoms with Gasteiger partial charge in [-0.15, -0.1) is 0 Å². The molecule has 0 fully saturated rings. The third-order valence-corrected chi connectivity index (χ3v) is 14.9. The van der Waals surface area contributed by atoms with Crippen LogP contribution in [0.5, 0.6) is 0 Å². The van der Waals surface area contributed by atoms with Gasteiger partial charge >= 0.3 is 0 Å². The molecule has 0 amide bonds. The minimum atomic E-state index is -0.509. The highest BCUT2D eigenvalue weighted by molar-refractivity contribution is 6.00. The summed E-state index contributed by atoms with van der Waals surface area (Å²) in [6.07, 6.45) is 0. The fourth-order valence-electron chi connectivity index (χ4n) is 11.7. The Labute approximate surface area is 413 Å². The Morgan fingerprint density at radius 2 is 0.648 bits per heavy atom.